The van der Waals surface area contributed by atoms with Crippen LogP contribution in [0.25, 0.3) is 11.2 Å². The number of hydrogen-bond acceptors (Lipinski definition) is 12. The molecule has 1 unspecified atom stereocenters. The number of ether oxygens (including phenoxy) is 6. The van der Waals surface area contributed by atoms with Crippen LogP contribution < -0.4 is 28.6 Å². The molecule has 1 fully saturated rings. The SMILES string of the molecule is COc1ccc(CN(Cc2ccc(OC)cc2OC)c2ncnc3c2nnn3[C@@H]2CCC[C@H](C(OC(=S)Oc3ccccc3)C(F)(F)F)C2)c(OC)c1. The van der Waals surface area contributed by atoms with E-state index in [1.54, 1.807) is 75.6 Å². The third kappa shape index (κ3) is 8.64. The summed E-state index contributed by atoms with van der Waals surface area (Å²) in [4.78, 5) is 11.2. The maximum Gasteiger partial charge on any atom is 0.425 e. The highest BCUT2D eigenvalue weighted by atomic mass is 32.1. The van der Waals surface area contributed by atoms with Gasteiger partial charge in [-0.05, 0) is 55.7 Å². The monoisotopic (exact) mass is 752 g/mol. The van der Waals surface area contributed by atoms with Crippen molar-refractivity contribution in [3.8, 4) is 28.7 Å². The van der Waals surface area contributed by atoms with Gasteiger partial charge in [0, 0.05) is 54.5 Å². The minimum atomic E-state index is -4.69. The fourth-order valence-electron chi connectivity index (χ4n) is 6.65. The lowest BCUT2D eigenvalue weighted by Crippen LogP contribution is -2.43. The number of nitrogens with zero attached hydrogens (tertiary/aromatic N) is 6. The van der Waals surface area contributed by atoms with E-state index in [1.165, 1.54) is 6.33 Å². The van der Waals surface area contributed by atoms with Crippen molar-refractivity contribution in [2.45, 2.75) is 57.1 Å². The number of alkyl halides is 3. The molecule has 0 radical (unpaired) electrons. The fraction of sp³-hybridized carbons (Fsp3) is 0.378. The summed E-state index contributed by atoms with van der Waals surface area (Å²) >= 11 is 5.09. The summed E-state index contributed by atoms with van der Waals surface area (Å²) in [5.74, 6) is 2.31. The molecular weight excluding hydrogens is 714 g/mol. The summed E-state index contributed by atoms with van der Waals surface area (Å²) in [5, 5.41) is 8.35. The molecule has 0 spiro atoms. The Morgan fingerprint density at radius 2 is 1.49 bits per heavy atom. The number of anilines is 1. The molecule has 3 atom stereocenters. The Morgan fingerprint density at radius 3 is 2.08 bits per heavy atom. The molecule has 0 amide bonds. The molecule has 16 heteroatoms. The zero-order chi connectivity index (χ0) is 37.5. The summed E-state index contributed by atoms with van der Waals surface area (Å²) in [6.45, 7) is 0.644. The first kappa shape index (κ1) is 37.4. The molecule has 0 N–H and O–H groups in total. The van der Waals surface area contributed by atoms with E-state index in [-0.39, 0.29) is 18.6 Å². The minimum Gasteiger partial charge on any atom is -0.497 e. The smallest absolute Gasteiger partial charge is 0.425 e. The second-order valence-corrected chi connectivity index (χ2v) is 12.8. The number of benzene rings is 3. The van der Waals surface area contributed by atoms with Gasteiger partial charge in [-0.15, -0.1) is 5.10 Å². The highest BCUT2D eigenvalue weighted by molar-refractivity contribution is 7.79. The molecule has 5 aromatic rings. The Kier molecular flexibility index (Phi) is 11.7. The highest BCUT2D eigenvalue weighted by Gasteiger charge is 2.49. The molecule has 1 aliphatic rings. The van der Waals surface area contributed by atoms with Crippen LogP contribution in [0.1, 0.15) is 42.9 Å². The van der Waals surface area contributed by atoms with Gasteiger partial charge in [-0.1, -0.05) is 29.8 Å². The standard InChI is InChI=1S/C37H39F3N6O6S/c1-47-28-15-13-24(30(18-28)49-3)20-45(21-25-14-16-29(48-2)19-31(25)50-4)34-32-35(42-22-41-34)46(44-43-32)26-10-8-9-23(17-26)33(37(38,39)40)52-36(53)51-27-11-6-5-7-12-27/h5-7,11-16,18-19,22-23,26,33H,8-10,17,20-21H2,1-4H3/t23-,26+,33?/m0/s1. The average Bonchev–Trinajstić information content (AvgIpc) is 3.61. The Hall–Kier alpha value is -5.38. The maximum atomic E-state index is 14.5. The molecule has 1 aliphatic carbocycles. The van der Waals surface area contributed by atoms with E-state index in [9.17, 15) is 13.2 Å². The van der Waals surface area contributed by atoms with Crippen molar-refractivity contribution in [1.29, 1.82) is 0 Å². The van der Waals surface area contributed by atoms with E-state index in [1.807, 2.05) is 29.2 Å². The van der Waals surface area contributed by atoms with Gasteiger partial charge in [0.2, 0.25) is 6.10 Å². The first-order valence-corrected chi connectivity index (χ1v) is 17.3. The lowest BCUT2D eigenvalue weighted by atomic mass is 9.82. The van der Waals surface area contributed by atoms with E-state index in [0.29, 0.717) is 65.9 Å². The van der Waals surface area contributed by atoms with Crippen LogP contribution >= 0.6 is 12.2 Å². The van der Waals surface area contributed by atoms with Gasteiger partial charge in [0.1, 0.15) is 35.1 Å². The summed E-state index contributed by atoms with van der Waals surface area (Å²) in [5.41, 5.74) is 2.45. The number of rotatable bonds is 13. The molecule has 2 aromatic heterocycles. The Morgan fingerprint density at radius 1 is 0.849 bits per heavy atom. The number of halogens is 3. The van der Waals surface area contributed by atoms with Crippen LogP contribution in [0.2, 0.25) is 0 Å². The van der Waals surface area contributed by atoms with Crippen molar-refractivity contribution in [2.24, 2.45) is 5.92 Å². The van der Waals surface area contributed by atoms with Crippen molar-refractivity contribution in [3.05, 3.63) is 84.2 Å². The summed E-state index contributed by atoms with van der Waals surface area (Å²) in [6, 6.07) is 18.9. The van der Waals surface area contributed by atoms with Gasteiger partial charge < -0.3 is 33.3 Å². The van der Waals surface area contributed by atoms with E-state index >= 15 is 0 Å². The normalized spacial score (nSPS) is 16.4. The summed E-state index contributed by atoms with van der Waals surface area (Å²) in [6.07, 6.45) is -4.01. The topological polar surface area (TPSA) is 115 Å². The van der Waals surface area contributed by atoms with Gasteiger partial charge in [0.25, 0.3) is 0 Å². The lowest BCUT2D eigenvalue weighted by molar-refractivity contribution is -0.220. The molecule has 280 valence electrons. The maximum absolute atomic E-state index is 14.5. The van der Waals surface area contributed by atoms with E-state index in [2.05, 4.69) is 20.3 Å². The largest absolute Gasteiger partial charge is 0.497 e. The summed E-state index contributed by atoms with van der Waals surface area (Å²) < 4.78 is 78.0. The van der Waals surface area contributed by atoms with Gasteiger partial charge in [0.15, 0.2) is 17.0 Å². The molecule has 53 heavy (non-hydrogen) atoms. The number of aromatic nitrogens is 5. The molecule has 1 saturated carbocycles. The van der Waals surface area contributed by atoms with E-state index in [0.717, 1.165) is 11.1 Å². The fourth-order valence-corrected chi connectivity index (χ4v) is 6.85. The minimum absolute atomic E-state index is 0.103. The molecule has 0 bridgehead atoms. The van der Waals surface area contributed by atoms with Gasteiger partial charge in [-0.25, -0.2) is 14.6 Å². The molecular formula is C37H39F3N6O6S. The third-order valence-corrected chi connectivity index (χ3v) is 9.38. The zero-order valence-corrected chi connectivity index (χ0v) is 30.4. The molecule has 2 heterocycles. The number of hydrogen-bond donors (Lipinski definition) is 0. The summed E-state index contributed by atoms with van der Waals surface area (Å²) in [7, 11) is 6.33. The average molecular weight is 753 g/mol. The van der Waals surface area contributed by atoms with Gasteiger partial charge in [-0.3, -0.25) is 0 Å². The molecule has 0 saturated heterocycles. The van der Waals surface area contributed by atoms with Crippen LogP contribution in [0.4, 0.5) is 19.0 Å². The van der Waals surface area contributed by atoms with Gasteiger partial charge in [-0.2, -0.15) is 13.2 Å². The van der Waals surface area contributed by atoms with Crippen LogP contribution in [0.3, 0.4) is 0 Å². The number of para-hydroxylation sites is 1. The second-order valence-electron chi connectivity index (χ2n) is 12.4. The Labute approximate surface area is 309 Å². The van der Waals surface area contributed by atoms with Crippen LogP contribution in [-0.2, 0) is 17.8 Å². The van der Waals surface area contributed by atoms with Gasteiger partial charge >= 0.3 is 11.4 Å². The quantitative estimate of drug-likeness (QED) is 0.111. The van der Waals surface area contributed by atoms with Crippen LogP contribution in [0.5, 0.6) is 28.7 Å². The zero-order valence-electron chi connectivity index (χ0n) is 29.6. The van der Waals surface area contributed by atoms with Crippen molar-refractivity contribution in [1.82, 2.24) is 25.0 Å². The number of thiocarbonyl (C=S) groups is 1. The van der Waals surface area contributed by atoms with Crippen molar-refractivity contribution in [3.63, 3.8) is 0 Å². The molecule has 3 aromatic carbocycles. The molecule has 0 aliphatic heterocycles. The first-order valence-electron chi connectivity index (χ1n) is 16.8. The van der Waals surface area contributed by atoms with Crippen molar-refractivity contribution in [2.75, 3.05) is 33.3 Å². The lowest BCUT2D eigenvalue weighted by Gasteiger charge is -2.35. The molecule has 6 rings (SSSR count). The number of methoxy groups -OCH3 is 4. The van der Waals surface area contributed by atoms with Gasteiger partial charge in [0.05, 0.1) is 34.5 Å². The Bertz CT molecular complexity index is 1960. The predicted molar refractivity (Wildman–Crippen MR) is 194 cm³/mol. The second kappa shape index (κ2) is 16.5. The van der Waals surface area contributed by atoms with Crippen molar-refractivity contribution >= 4 is 34.4 Å². The van der Waals surface area contributed by atoms with Crippen LogP contribution in [-0.4, -0.2) is 70.9 Å². The third-order valence-electron chi connectivity index (χ3n) is 9.20. The predicted octanol–water partition coefficient (Wildman–Crippen LogP) is 7.51. The Balaban J connectivity index is 1.31. The van der Waals surface area contributed by atoms with E-state index in [4.69, 9.17) is 40.6 Å². The van der Waals surface area contributed by atoms with Crippen molar-refractivity contribution < 1.29 is 41.6 Å². The highest BCUT2D eigenvalue weighted by Crippen LogP contribution is 2.42. The van der Waals surface area contributed by atoms with E-state index < -0.39 is 29.5 Å². The molecule has 12 nitrogen and oxygen atoms in total. The van der Waals surface area contributed by atoms with Crippen LogP contribution in [0.15, 0.2) is 73.1 Å². The number of fused-ring (bicyclic) bond motifs is 1. The van der Waals surface area contributed by atoms with Crippen LogP contribution in [0, 0.1) is 5.92 Å². The first-order chi connectivity index (χ1) is 25.6.